The van der Waals surface area contributed by atoms with Crippen LogP contribution in [0.1, 0.15) is 31.8 Å². The Labute approximate surface area is 160 Å². The summed E-state index contributed by atoms with van der Waals surface area (Å²) in [5.74, 6) is 0.490. The van der Waals surface area contributed by atoms with E-state index in [9.17, 15) is 14.7 Å². The van der Waals surface area contributed by atoms with E-state index in [1.807, 2.05) is 0 Å². The number of benzene rings is 2. The number of carbonyl (C=O) groups excluding carboxylic acids is 2. The van der Waals surface area contributed by atoms with E-state index in [0.29, 0.717) is 34.8 Å². The normalized spacial score (nSPS) is 21.8. The Kier molecular flexibility index (Phi) is 3.39. The minimum atomic E-state index is -2.12. The van der Waals surface area contributed by atoms with E-state index in [-0.39, 0.29) is 30.2 Å². The average Bonchev–Trinajstić information content (AvgIpc) is 3.22. The largest absolute Gasteiger partial charge is 0.493 e. The van der Waals surface area contributed by atoms with Gasteiger partial charge in [-0.2, -0.15) is 0 Å². The van der Waals surface area contributed by atoms with Gasteiger partial charge in [-0.3, -0.25) is 14.5 Å². The smallest absolute Gasteiger partial charge is 0.261 e. The van der Waals surface area contributed by atoms with Crippen LogP contribution in [-0.2, 0) is 12.1 Å². The highest BCUT2D eigenvalue weighted by molar-refractivity contribution is 6.14. The molecule has 0 bridgehead atoms. The maximum atomic E-state index is 13.5. The molecule has 0 saturated heterocycles. The van der Waals surface area contributed by atoms with Crippen LogP contribution in [0.25, 0.3) is 0 Å². The van der Waals surface area contributed by atoms with Gasteiger partial charge in [0.05, 0.1) is 19.8 Å². The number of hydrogen-bond acceptors (Lipinski definition) is 7. The van der Waals surface area contributed by atoms with Crippen LogP contribution in [0, 0.1) is 0 Å². The van der Waals surface area contributed by atoms with E-state index < -0.39 is 17.4 Å². The molecule has 0 unspecified atom stereocenters. The molecule has 3 aliphatic heterocycles. The van der Waals surface area contributed by atoms with Crippen molar-refractivity contribution in [3.8, 4) is 23.0 Å². The number of fused-ring (bicyclic) bond motifs is 5. The third kappa shape index (κ3) is 1.92. The number of hydrogen-bond donors (Lipinski definition) is 1. The monoisotopic (exact) mass is 383 g/mol. The Hall–Kier alpha value is -3.26. The lowest BCUT2D eigenvalue weighted by atomic mass is 9.90. The van der Waals surface area contributed by atoms with Crippen molar-refractivity contribution in [1.82, 2.24) is 4.90 Å². The van der Waals surface area contributed by atoms with Gasteiger partial charge in [-0.05, 0) is 36.2 Å². The first-order valence-corrected chi connectivity index (χ1v) is 8.77. The van der Waals surface area contributed by atoms with Crippen molar-refractivity contribution < 1.29 is 33.6 Å². The highest BCUT2D eigenvalue weighted by Gasteiger charge is 2.57. The molecule has 28 heavy (non-hydrogen) atoms. The number of aliphatic hydroxyl groups is 1. The maximum Gasteiger partial charge on any atom is 0.261 e. The number of rotatable bonds is 2. The van der Waals surface area contributed by atoms with Crippen LogP contribution in [0.15, 0.2) is 24.3 Å². The quantitative estimate of drug-likeness (QED) is 0.839. The van der Waals surface area contributed by atoms with Gasteiger partial charge in [-0.25, -0.2) is 0 Å². The summed E-state index contributed by atoms with van der Waals surface area (Å²) in [6.45, 7) is 0.245. The van der Waals surface area contributed by atoms with Crippen molar-refractivity contribution in [2.75, 3.05) is 27.6 Å². The van der Waals surface area contributed by atoms with Crippen LogP contribution in [0.2, 0.25) is 0 Å². The van der Waals surface area contributed by atoms with Crippen LogP contribution in [-0.4, -0.2) is 49.3 Å². The van der Waals surface area contributed by atoms with Crippen LogP contribution in [0.5, 0.6) is 23.0 Å². The summed E-state index contributed by atoms with van der Waals surface area (Å²) in [6.07, 6.45) is 0.388. The first kappa shape index (κ1) is 16.9. The molecule has 3 aliphatic rings. The number of ether oxygens (including phenoxy) is 4. The zero-order chi connectivity index (χ0) is 19.6. The predicted molar refractivity (Wildman–Crippen MR) is 95.1 cm³/mol. The summed E-state index contributed by atoms with van der Waals surface area (Å²) in [7, 11) is 2.87. The van der Waals surface area contributed by atoms with Crippen molar-refractivity contribution >= 4 is 11.7 Å². The van der Waals surface area contributed by atoms with E-state index in [4.69, 9.17) is 18.9 Å². The summed E-state index contributed by atoms with van der Waals surface area (Å²) < 4.78 is 21.4. The van der Waals surface area contributed by atoms with Crippen LogP contribution >= 0.6 is 0 Å². The van der Waals surface area contributed by atoms with Crippen LogP contribution in [0.3, 0.4) is 0 Å². The summed E-state index contributed by atoms with van der Waals surface area (Å²) >= 11 is 0. The van der Waals surface area contributed by atoms with Gasteiger partial charge in [0.2, 0.25) is 18.3 Å². The molecule has 8 heteroatoms. The standard InChI is InChI=1S/C20H17NO7/c1-25-13-4-3-12-16(17(13)26-2)19(23)21-6-5-10-7-14-15(28-9-27-14)8-11(10)18(22)20(12,21)24/h3-4,7-8,24H,5-6,9H2,1-2H3/t20-/m1/s1. The minimum Gasteiger partial charge on any atom is -0.493 e. The number of Topliss-reactive ketones (excluding diaryl/α,β-unsaturated/α-hetero) is 1. The van der Waals surface area contributed by atoms with Crippen molar-refractivity contribution in [3.63, 3.8) is 0 Å². The van der Waals surface area contributed by atoms with Crippen molar-refractivity contribution in [2.45, 2.75) is 12.1 Å². The van der Waals surface area contributed by atoms with Gasteiger partial charge >= 0.3 is 0 Å². The Balaban J connectivity index is 1.73. The fourth-order valence-electron chi connectivity index (χ4n) is 4.19. The molecular weight excluding hydrogens is 366 g/mol. The molecule has 144 valence electrons. The van der Waals surface area contributed by atoms with Crippen molar-refractivity contribution in [3.05, 3.63) is 46.5 Å². The molecule has 0 spiro atoms. The first-order chi connectivity index (χ1) is 13.5. The minimum absolute atomic E-state index is 0.0844. The average molecular weight is 383 g/mol. The topological polar surface area (TPSA) is 94.5 Å². The highest BCUT2D eigenvalue weighted by atomic mass is 16.7. The van der Waals surface area contributed by atoms with E-state index in [1.165, 1.54) is 25.2 Å². The van der Waals surface area contributed by atoms with Gasteiger partial charge in [0.25, 0.3) is 5.91 Å². The number of ketones is 1. The third-order valence-electron chi connectivity index (χ3n) is 5.54. The van der Waals surface area contributed by atoms with Gasteiger partial charge in [-0.1, -0.05) is 0 Å². The molecule has 0 saturated carbocycles. The Morgan fingerprint density at radius 3 is 2.57 bits per heavy atom. The van der Waals surface area contributed by atoms with Gasteiger partial charge < -0.3 is 24.1 Å². The van der Waals surface area contributed by atoms with Crippen molar-refractivity contribution in [2.24, 2.45) is 0 Å². The summed E-state index contributed by atoms with van der Waals surface area (Å²) in [4.78, 5) is 27.8. The van der Waals surface area contributed by atoms with Gasteiger partial charge in [-0.15, -0.1) is 0 Å². The summed E-state index contributed by atoms with van der Waals surface area (Å²) in [5.41, 5.74) is -0.783. The SMILES string of the molecule is COc1ccc2c(c1OC)C(=O)N1CCc3cc4c(cc3C(=O)[C@]21O)OCO4. The second-order valence-corrected chi connectivity index (χ2v) is 6.79. The lowest BCUT2D eigenvalue weighted by Crippen LogP contribution is -2.49. The number of amides is 1. The maximum absolute atomic E-state index is 13.5. The lowest BCUT2D eigenvalue weighted by Gasteiger charge is -2.30. The molecule has 0 aromatic heterocycles. The molecular formula is C20H17NO7. The predicted octanol–water partition coefficient (Wildman–Crippen LogP) is 1.47. The number of methoxy groups -OCH3 is 2. The molecule has 2 aromatic rings. The number of carbonyl (C=O) groups is 2. The Morgan fingerprint density at radius 1 is 1.11 bits per heavy atom. The van der Waals surface area contributed by atoms with Gasteiger partial charge in [0, 0.05) is 17.7 Å². The fourth-order valence-corrected chi connectivity index (χ4v) is 4.19. The zero-order valence-corrected chi connectivity index (χ0v) is 15.3. The Bertz CT molecular complexity index is 1050. The molecule has 1 N–H and O–H groups in total. The molecule has 0 radical (unpaired) electrons. The second-order valence-electron chi connectivity index (χ2n) is 6.79. The van der Waals surface area contributed by atoms with Crippen molar-refractivity contribution in [1.29, 1.82) is 0 Å². The molecule has 1 amide bonds. The summed E-state index contributed by atoms with van der Waals surface area (Å²) in [6, 6.07) is 6.42. The first-order valence-electron chi connectivity index (χ1n) is 8.77. The van der Waals surface area contributed by atoms with Gasteiger partial charge in [0.15, 0.2) is 23.0 Å². The van der Waals surface area contributed by atoms with E-state index in [1.54, 1.807) is 18.2 Å². The molecule has 1 atom stereocenters. The molecule has 3 heterocycles. The third-order valence-corrected chi connectivity index (χ3v) is 5.54. The molecule has 2 aromatic carbocycles. The fraction of sp³-hybridized carbons (Fsp3) is 0.300. The van der Waals surface area contributed by atoms with E-state index >= 15 is 0 Å². The molecule has 8 nitrogen and oxygen atoms in total. The molecule has 0 aliphatic carbocycles. The molecule has 5 rings (SSSR count). The second kappa shape index (κ2) is 5.62. The zero-order valence-electron chi connectivity index (χ0n) is 15.3. The Morgan fingerprint density at radius 2 is 1.86 bits per heavy atom. The highest BCUT2D eigenvalue weighted by Crippen LogP contribution is 2.49. The van der Waals surface area contributed by atoms with Gasteiger partial charge in [0.1, 0.15) is 0 Å². The molecule has 0 fully saturated rings. The number of nitrogens with zero attached hydrogens (tertiary/aromatic N) is 1. The van der Waals surface area contributed by atoms with Crippen LogP contribution in [0.4, 0.5) is 0 Å². The van der Waals surface area contributed by atoms with Crippen LogP contribution < -0.4 is 18.9 Å². The van der Waals surface area contributed by atoms with E-state index in [2.05, 4.69) is 0 Å². The van der Waals surface area contributed by atoms with E-state index in [0.717, 1.165) is 0 Å². The lowest BCUT2D eigenvalue weighted by molar-refractivity contribution is -0.0537. The summed E-state index contributed by atoms with van der Waals surface area (Å²) in [5, 5.41) is 11.5.